The van der Waals surface area contributed by atoms with E-state index in [1.165, 1.54) is 82.8 Å². The number of hydrogen-bond acceptors (Lipinski definition) is 2. The zero-order valence-corrected chi connectivity index (χ0v) is 26.3. The van der Waals surface area contributed by atoms with Crippen molar-refractivity contribution in [2.45, 2.75) is 138 Å². The van der Waals surface area contributed by atoms with Crippen LogP contribution in [0.4, 0.5) is 0 Å². The van der Waals surface area contributed by atoms with Gasteiger partial charge in [-0.25, -0.2) is 0 Å². The van der Waals surface area contributed by atoms with Gasteiger partial charge >= 0.3 is 0 Å². The smallest absolute Gasteiger partial charge is 0.0189 e. The van der Waals surface area contributed by atoms with Crippen molar-refractivity contribution in [2.75, 3.05) is 5.75 Å². The molecule has 0 saturated heterocycles. The average molecular weight is 519 g/mol. The van der Waals surface area contributed by atoms with Crippen molar-refractivity contribution in [3.05, 3.63) is 11.6 Å². The second kappa shape index (κ2) is 11.3. The summed E-state index contributed by atoms with van der Waals surface area (Å²) in [6, 6.07) is 0. The van der Waals surface area contributed by atoms with Crippen molar-refractivity contribution in [3.8, 4) is 0 Å². The molecule has 0 amide bonds. The van der Waals surface area contributed by atoms with Crippen molar-refractivity contribution in [3.63, 3.8) is 0 Å². The molecule has 3 fully saturated rings. The summed E-state index contributed by atoms with van der Waals surface area (Å²) in [5.41, 5.74) is 3.49. The lowest BCUT2D eigenvalue weighted by atomic mass is 9.47. The van der Waals surface area contributed by atoms with Gasteiger partial charge < -0.3 is 0 Å². The molecule has 0 radical (unpaired) electrons. The van der Waals surface area contributed by atoms with Crippen LogP contribution >= 0.6 is 21.6 Å². The van der Waals surface area contributed by atoms with E-state index in [0.717, 1.165) is 40.8 Å². The molecule has 0 aromatic heterocycles. The summed E-state index contributed by atoms with van der Waals surface area (Å²) in [5, 5.41) is 0.847. The van der Waals surface area contributed by atoms with Gasteiger partial charge in [-0.3, -0.25) is 0 Å². The first-order chi connectivity index (χ1) is 16.5. The standard InChI is InChI=1S/C33H58S2/c1-9-31(5,6)22-34-35-26-17-19-32(7)25(21-26)13-14-27-29-16-15-28(24(4)12-10-11-23(2)3)33(29,8)20-18-30(27)32/h13,23-24,26-30H,9-12,14-22H2,1-8H3/t24-,26?,27?,28?,29?,30?,32?,33?/m1/s1. The molecule has 0 spiro atoms. The summed E-state index contributed by atoms with van der Waals surface area (Å²) in [6.45, 7) is 20.0. The first kappa shape index (κ1) is 28.4. The minimum absolute atomic E-state index is 0.484. The van der Waals surface area contributed by atoms with E-state index in [4.69, 9.17) is 0 Å². The molecule has 2 heteroatoms. The third kappa shape index (κ3) is 5.89. The minimum Gasteiger partial charge on any atom is -0.0933 e. The highest BCUT2D eigenvalue weighted by Crippen LogP contribution is 2.67. The van der Waals surface area contributed by atoms with Crippen molar-refractivity contribution in [2.24, 2.45) is 51.8 Å². The highest BCUT2D eigenvalue weighted by molar-refractivity contribution is 8.76. The molecule has 0 aromatic rings. The van der Waals surface area contributed by atoms with Gasteiger partial charge in [-0.1, -0.05) is 114 Å². The van der Waals surface area contributed by atoms with Crippen LogP contribution in [0.3, 0.4) is 0 Å². The summed E-state index contributed by atoms with van der Waals surface area (Å²) in [4.78, 5) is 0. The normalized spacial score (nSPS) is 40.1. The van der Waals surface area contributed by atoms with E-state index >= 15 is 0 Å². The average Bonchev–Trinajstić information content (AvgIpc) is 3.16. The molecular formula is C33H58S2. The molecule has 0 N–H and O–H groups in total. The van der Waals surface area contributed by atoms with Gasteiger partial charge in [0.15, 0.2) is 0 Å². The van der Waals surface area contributed by atoms with Crippen LogP contribution in [0.25, 0.3) is 0 Å². The first-order valence-electron chi connectivity index (χ1n) is 15.5. The van der Waals surface area contributed by atoms with Crippen molar-refractivity contribution in [1.29, 1.82) is 0 Å². The van der Waals surface area contributed by atoms with E-state index in [1.54, 1.807) is 0 Å². The topological polar surface area (TPSA) is 0 Å². The van der Waals surface area contributed by atoms with Crippen LogP contribution in [0.1, 0.15) is 132 Å². The Morgan fingerprint density at radius 1 is 1.00 bits per heavy atom. The van der Waals surface area contributed by atoms with Crippen LogP contribution < -0.4 is 0 Å². The second-order valence-corrected chi connectivity index (χ2v) is 17.7. The lowest BCUT2D eigenvalue weighted by molar-refractivity contribution is -0.0497. The highest BCUT2D eigenvalue weighted by atomic mass is 33.1. The summed E-state index contributed by atoms with van der Waals surface area (Å²) in [6.07, 6.45) is 20.2. The molecule has 202 valence electrons. The molecular weight excluding hydrogens is 460 g/mol. The maximum Gasteiger partial charge on any atom is 0.0189 e. The third-order valence-electron chi connectivity index (χ3n) is 11.9. The molecule has 7 unspecified atom stereocenters. The van der Waals surface area contributed by atoms with Crippen LogP contribution in [0.5, 0.6) is 0 Å². The zero-order chi connectivity index (χ0) is 25.4. The van der Waals surface area contributed by atoms with E-state index in [2.05, 4.69) is 83.1 Å². The lowest BCUT2D eigenvalue weighted by Crippen LogP contribution is -2.50. The molecule has 4 aliphatic rings. The lowest BCUT2D eigenvalue weighted by Gasteiger charge is -2.58. The van der Waals surface area contributed by atoms with Gasteiger partial charge in [0, 0.05) is 11.0 Å². The molecule has 4 aliphatic carbocycles. The summed E-state index contributed by atoms with van der Waals surface area (Å²) in [5.74, 6) is 7.00. The van der Waals surface area contributed by atoms with Crippen LogP contribution in [-0.4, -0.2) is 11.0 Å². The number of fused-ring (bicyclic) bond motifs is 5. The quantitative estimate of drug-likeness (QED) is 0.208. The molecule has 0 nitrogen and oxygen atoms in total. The Hall–Kier alpha value is 0.440. The van der Waals surface area contributed by atoms with Gasteiger partial charge in [0.2, 0.25) is 0 Å². The fourth-order valence-corrected chi connectivity index (χ4v) is 12.6. The second-order valence-electron chi connectivity index (χ2n) is 15.0. The number of hydrogen-bond donors (Lipinski definition) is 0. The van der Waals surface area contributed by atoms with Crippen molar-refractivity contribution >= 4 is 21.6 Å². The van der Waals surface area contributed by atoms with Crippen molar-refractivity contribution < 1.29 is 0 Å². The highest BCUT2D eigenvalue weighted by Gasteiger charge is 2.59. The fraction of sp³-hybridized carbons (Fsp3) is 0.939. The van der Waals surface area contributed by atoms with E-state index in [1.807, 2.05) is 5.57 Å². The summed E-state index contributed by atoms with van der Waals surface area (Å²) < 4.78 is 0. The Bertz CT molecular complexity index is 737. The predicted molar refractivity (Wildman–Crippen MR) is 161 cm³/mol. The Kier molecular flexibility index (Phi) is 9.17. The Morgan fingerprint density at radius 3 is 2.49 bits per heavy atom. The summed E-state index contributed by atoms with van der Waals surface area (Å²) in [7, 11) is 4.39. The van der Waals surface area contributed by atoms with Gasteiger partial charge in [-0.2, -0.15) is 0 Å². The summed E-state index contributed by atoms with van der Waals surface area (Å²) >= 11 is 0. The van der Waals surface area contributed by atoms with Gasteiger partial charge in [0.1, 0.15) is 0 Å². The largest absolute Gasteiger partial charge is 0.0933 e. The van der Waals surface area contributed by atoms with Gasteiger partial charge in [0.25, 0.3) is 0 Å². The molecule has 0 aromatic carbocycles. The van der Waals surface area contributed by atoms with E-state index in [-0.39, 0.29) is 0 Å². The Labute approximate surface area is 227 Å². The molecule has 0 heterocycles. The third-order valence-corrected chi connectivity index (χ3v) is 15.2. The predicted octanol–water partition coefficient (Wildman–Crippen LogP) is 11.2. The van der Waals surface area contributed by atoms with Crippen LogP contribution in [0.15, 0.2) is 11.6 Å². The molecule has 8 atom stereocenters. The van der Waals surface area contributed by atoms with E-state index < -0.39 is 0 Å². The minimum atomic E-state index is 0.484. The number of rotatable bonds is 10. The van der Waals surface area contributed by atoms with Crippen LogP contribution in [0.2, 0.25) is 0 Å². The first-order valence-corrected chi connectivity index (χ1v) is 17.9. The molecule has 0 bridgehead atoms. The molecule has 0 aliphatic heterocycles. The molecule has 4 rings (SSSR count). The monoisotopic (exact) mass is 518 g/mol. The Balaban J connectivity index is 1.39. The maximum atomic E-state index is 2.79. The SMILES string of the molecule is CCC(C)(C)CSSC1CCC2(C)C(=CCC3C2CCC2(C)C3CCC2[C@H](C)CCCC(C)C)C1. The van der Waals surface area contributed by atoms with Gasteiger partial charge in [-0.05, 0) is 103 Å². The fourth-order valence-electron chi connectivity index (χ4n) is 9.13. The molecule has 35 heavy (non-hydrogen) atoms. The van der Waals surface area contributed by atoms with E-state index in [9.17, 15) is 0 Å². The van der Waals surface area contributed by atoms with Crippen LogP contribution in [0, 0.1) is 51.8 Å². The van der Waals surface area contributed by atoms with Gasteiger partial charge in [-0.15, -0.1) is 0 Å². The van der Waals surface area contributed by atoms with E-state index in [0.29, 0.717) is 16.2 Å². The zero-order valence-electron chi connectivity index (χ0n) is 24.6. The van der Waals surface area contributed by atoms with Gasteiger partial charge in [0.05, 0.1) is 0 Å². The Morgan fingerprint density at radius 2 is 1.77 bits per heavy atom. The molecule has 3 saturated carbocycles. The number of allylic oxidation sites excluding steroid dienone is 2. The van der Waals surface area contributed by atoms with Crippen molar-refractivity contribution in [1.82, 2.24) is 0 Å². The maximum absolute atomic E-state index is 2.79. The van der Waals surface area contributed by atoms with Crippen LogP contribution in [-0.2, 0) is 0 Å².